The molecule has 0 aliphatic heterocycles. The number of likely N-dealkylation sites (N-methyl/N-ethyl adjacent to an activating group) is 1. The topological polar surface area (TPSA) is 90.7 Å². The molecule has 6 heteroatoms. The summed E-state index contributed by atoms with van der Waals surface area (Å²) < 4.78 is 0. The highest BCUT2D eigenvalue weighted by Gasteiger charge is 2.11. The number of fused-ring (bicyclic) bond motifs is 1. The fourth-order valence-electron chi connectivity index (χ4n) is 3.92. The van der Waals surface area contributed by atoms with Gasteiger partial charge in [-0.15, -0.1) is 0 Å². The maximum Gasteiger partial charge on any atom is 0.251 e. The van der Waals surface area contributed by atoms with Crippen molar-refractivity contribution in [1.29, 1.82) is 5.26 Å². The smallest absolute Gasteiger partial charge is 0.251 e. The van der Waals surface area contributed by atoms with Crippen molar-refractivity contribution >= 4 is 16.8 Å². The highest BCUT2D eigenvalue weighted by molar-refractivity contribution is 5.95. The van der Waals surface area contributed by atoms with Crippen molar-refractivity contribution in [2.45, 2.75) is 40.7 Å². The molecule has 2 heterocycles. The minimum Gasteiger partial charge on any atom is -0.391 e. The number of carbonyl (C=O) groups is 1. The predicted octanol–water partition coefficient (Wildman–Crippen LogP) is 4.25. The number of aromatic nitrogens is 2. The van der Waals surface area contributed by atoms with Gasteiger partial charge in [0.2, 0.25) is 0 Å². The summed E-state index contributed by atoms with van der Waals surface area (Å²) >= 11 is 0. The molecule has 2 aromatic heterocycles. The zero-order valence-electron chi connectivity index (χ0n) is 19.8. The number of amides is 1. The highest BCUT2D eigenvalue weighted by atomic mass is 16.1. The Morgan fingerprint density at radius 3 is 2.61 bits per heavy atom. The maximum absolute atomic E-state index is 12.7. The summed E-state index contributed by atoms with van der Waals surface area (Å²) in [5.74, 6) is -0.238. The molecule has 1 amide bonds. The monoisotopic (exact) mass is 439 g/mol. The predicted molar refractivity (Wildman–Crippen MR) is 131 cm³/mol. The lowest BCUT2D eigenvalue weighted by molar-refractivity contribution is -0.117. The molecule has 3 aromatic rings. The summed E-state index contributed by atoms with van der Waals surface area (Å²) in [6.07, 6.45) is 4.04. The van der Waals surface area contributed by atoms with Crippen LogP contribution < -0.4 is 10.6 Å². The van der Waals surface area contributed by atoms with Crippen molar-refractivity contribution < 1.29 is 4.79 Å². The van der Waals surface area contributed by atoms with Crippen LogP contribution in [0.3, 0.4) is 0 Å². The quantitative estimate of drug-likeness (QED) is 0.424. The van der Waals surface area contributed by atoms with Crippen molar-refractivity contribution in [2.24, 2.45) is 0 Å². The lowest BCUT2D eigenvalue weighted by Crippen LogP contribution is -2.25. The Balaban J connectivity index is 1.76. The van der Waals surface area contributed by atoms with Gasteiger partial charge in [0.05, 0.1) is 11.1 Å². The van der Waals surface area contributed by atoms with E-state index in [1.165, 1.54) is 0 Å². The molecule has 0 bridgehead atoms. The second-order valence-corrected chi connectivity index (χ2v) is 8.29. The number of nitrogens with zero attached hydrogens (tertiary/aromatic N) is 3. The van der Waals surface area contributed by atoms with Crippen LogP contribution >= 0.6 is 0 Å². The van der Waals surface area contributed by atoms with Crippen LogP contribution in [-0.4, -0.2) is 22.9 Å². The van der Waals surface area contributed by atoms with Gasteiger partial charge in [0, 0.05) is 54.3 Å². The minimum atomic E-state index is -0.238. The van der Waals surface area contributed by atoms with Gasteiger partial charge in [-0.3, -0.25) is 14.8 Å². The lowest BCUT2D eigenvalue weighted by Gasteiger charge is -2.13. The fraction of sp³-hybridized carbons (Fsp3) is 0.259. The average Bonchev–Trinajstić information content (AvgIpc) is 2.76. The van der Waals surface area contributed by atoms with E-state index in [4.69, 9.17) is 0 Å². The molecule has 0 saturated heterocycles. The molecule has 0 aliphatic carbocycles. The van der Waals surface area contributed by atoms with Gasteiger partial charge in [0.1, 0.15) is 6.07 Å². The van der Waals surface area contributed by atoms with E-state index in [0.29, 0.717) is 29.6 Å². The molecule has 2 N–H and O–H groups in total. The van der Waals surface area contributed by atoms with E-state index in [1.807, 2.05) is 52.0 Å². The standard InChI is InChI=1S/C27H29N5O/c1-16-7-22-10-21(11-23(13-28)26(22)30-14-16)12-24(29-6)9-18(3)27(33)31-15-25-17(2)8-19(4)32-20(25)5/h7-11,14,29H,3,12,15H2,1-2,4-6H3,(H,31,33)/b24-9-. The van der Waals surface area contributed by atoms with E-state index in [1.54, 1.807) is 19.3 Å². The third-order valence-corrected chi connectivity index (χ3v) is 5.56. The molecule has 3 rings (SSSR count). The van der Waals surface area contributed by atoms with Crippen molar-refractivity contribution in [3.8, 4) is 6.07 Å². The number of carbonyl (C=O) groups excluding carboxylic acids is 1. The van der Waals surface area contributed by atoms with Gasteiger partial charge in [-0.2, -0.15) is 5.26 Å². The third kappa shape index (κ3) is 5.64. The number of nitrogens with one attached hydrogen (secondary N) is 2. The van der Waals surface area contributed by atoms with Gasteiger partial charge >= 0.3 is 0 Å². The number of hydrogen-bond acceptors (Lipinski definition) is 5. The summed E-state index contributed by atoms with van der Waals surface area (Å²) in [5.41, 5.74) is 8.40. The van der Waals surface area contributed by atoms with E-state index >= 15 is 0 Å². The van der Waals surface area contributed by atoms with Gasteiger partial charge in [-0.25, -0.2) is 0 Å². The average molecular weight is 440 g/mol. The molecule has 168 valence electrons. The maximum atomic E-state index is 12.7. The molecular weight excluding hydrogens is 410 g/mol. The van der Waals surface area contributed by atoms with Gasteiger partial charge in [-0.1, -0.05) is 6.58 Å². The highest BCUT2D eigenvalue weighted by Crippen LogP contribution is 2.22. The van der Waals surface area contributed by atoms with E-state index in [0.717, 1.165) is 44.7 Å². The molecule has 0 atom stereocenters. The van der Waals surface area contributed by atoms with Gasteiger partial charge in [0.25, 0.3) is 5.91 Å². The summed E-state index contributed by atoms with van der Waals surface area (Å²) in [4.78, 5) is 21.6. The molecule has 0 unspecified atom stereocenters. The number of pyridine rings is 2. The Morgan fingerprint density at radius 2 is 1.94 bits per heavy atom. The first-order chi connectivity index (χ1) is 15.7. The minimum absolute atomic E-state index is 0.238. The van der Waals surface area contributed by atoms with Crippen LogP contribution in [0.25, 0.3) is 10.9 Å². The summed E-state index contributed by atoms with van der Waals surface area (Å²) in [5, 5.41) is 16.6. The number of allylic oxidation sites excluding steroid dienone is 1. The van der Waals surface area contributed by atoms with Crippen molar-refractivity contribution in [2.75, 3.05) is 7.05 Å². The number of rotatable bonds is 7. The van der Waals surface area contributed by atoms with E-state index in [2.05, 4.69) is 33.2 Å². The number of nitriles is 1. The second-order valence-electron chi connectivity index (χ2n) is 8.29. The van der Waals surface area contributed by atoms with Crippen LogP contribution in [0, 0.1) is 39.0 Å². The molecule has 1 aromatic carbocycles. The summed E-state index contributed by atoms with van der Waals surface area (Å²) in [7, 11) is 1.81. The zero-order valence-corrected chi connectivity index (χ0v) is 19.8. The van der Waals surface area contributed by atoms with E-state index < -0.39 is 0 Å². The molecule has 0 aliphatic rings. The van der Waals surface area contributed by atoms with Crippen molar-refractivity contribution in [3.63, 3.8) is 0 Å². The molecule has 0 saturated carbocycles. The number of benzene rings is 1. The van der Waals surface area contributed by atoms with E-state index in [-0.39, 0.29) is 5.91 Å². The van der Waals surface area contributed by atoms with Crippen LogP contribution in [0.2, 0.25) is 0 Å². The Morgan fingerprint density at radius 1 is 1.18 bits per heavy atom. The second kappa shape index (κ2) is 10.1. The fourth-order valence-corrected chi connectivity index (χ4v) is 3.92. The van der Waals surface area contributed by atoms with Crippen molar-refractivity contribution in [1.82, 2.24) is 20.6 Å². The SMILES string of the molecule is C=C(/C=C(/Cc1cc(C#N)c2ncc(C)cc2c1)NC)C(=O)NCc1c(C)cc(C)nc1C. The summed E-state index contributed by atoms with van der Waals surface area (Å²) in [6.45, 7) is 12.2. The summed E-state index contributed by atoms with van der Waals surface area (Å²) in [6, 6.07) is 10.1. The third-order valence-electron chi connectivity index (χ3n) is 5.56. The Kier molecular flexibility index (Phi) is 7.24. The first kappa shape index (κ1) is 23.7. The van der Waals surface area contributed by atoms with Gasteiger partial charge in [0.15, 0.2) is 0 Å². The Labute approximate surface area is 195 Å². The molecule has 0 spiro atoms. The Hall–Kier alpha value is -3.98. The molecule has 0 radical (unpaired) electrons. The molecule has 33 heavy (non-hydrogen) atoms. The lowest BCUT2D eigenvalue weighted by atomic mass is 10.0. The van der Waals surface area contributed by atoms with Crippen LogP contribution in [0.1, 0.15) is 39.2 Å². The van der Waals surface area contributed by atoms with Crippen LogP contribution in [0.4, 0.5) is 0 Å². The van der Waals surface area contributed by atoms with E-state index in [9.17, 15) is 10.1 Å². The largest absolute Gasteiger partial charge is 0.391 e. The van der Waals surface area contributed by atoms with Crippen LogP contribution in [-0.2, 0) is 17.8 Å². The first-order valence-electron chi connectivity index (χ1n) is 10.8. The zero-order chi connectivity index (χ0) is 24.1. The molecule has 6 nitrogen and oxygen atoms in total. The number of hydrogen-bond donors (Lipinski definition) is 2. The normalized spacial score (nSPS) is 11.2. The molecular formula is C27H29N5O. The number of aryl methyl sites for hydroxylation is 4. The van der Waals surface area contributed by atoms with Gasteiger partial charge < -0.3 is 10.6 Å². The Bertz CT molecular complexity index is 1290. The first-order valence-corrected chi connectivity index (χ1v) is 10.8. The van der Waals surface area contributed by atoms with Crippen LogP contribution in [0.5, 0.6) is 0 Å². The van der Waals surface area contributed by atoms with Crippen molar-refractivity contribution in [3.05, 3.63) is 93.6 Å². The van der Waals surface area contributed by atoms with Crippen LogP contribution in [0.15, 0.2) is 54.4 Å². The molecule has 0 fully saturated rings. The van der Waals surface area contributed by atoms with Gasteiger partial charge in [-0.05, 0) is 80.3 Å².